The first-order valence-electron chi connectivity index (χ1n) is 3.94. The molecule has 3 atom stereocenters. The van der Waals surface area contributed by atoms with Crippen LogP contribution in [0.2, 0.25) is 0 Å². The molecular formula is C7H11FO4S. The molecule has 1 rings (SSSR count). The maximum atomic E-state index is 13.0. The van der Waals surface area contributed by atoms with Crippen LogP contribution in [-0.2, 0) is 14.6 Å². The minimum atomic E-state index is -3.26. The Morgan fingerprint density at radius 2 is 2.15 bits per heavy atom. The van der Waals surface area contributed by atoms with Gasteiger partial charge in [-0.3, -0.25) is 0 Å². The molecule has 0 aromatic rings. The van der Waals surface area contributed by atoms with Gasteiger partial charge in [-0.2, -0.15) is 0 Å². The van der Waals surface area contributed by atoms with Crippen LogP contribution in [0, 0.1) is 5.92 Å². The molecule has 4 nitrogen and oxygen atoms in total. The molecule has 1 aliphatic heterocycles. The fourth-order valence-corrected chi connectivity index (χ4v) is 3.33. The van der Waals surface area contributed by atoms with Gasteiger partial charge in [0.2, 0.25) is 6.17 Å². The number of rotatable bonds is 2. The Bertz CT molecular complexity index is 310. The van der Waals surface area contributed by atoms with Gasteiger partial charge in [0.25, 0.3) is 0 Å². The number of halogens is 1. The van der Waals surface area contributed by atoms with Gasteiger partial charge in [0.1, 0.15) is 0 Å². The smallest absolute Gasteiger partial charge is 0.338 e. The highest BCUT2D eigenvalue weighted by Crippen LogP contribution is 2.30. The molecule has 0 aromatic carbocycles. The summed E-state index contributed by atoms with van der Waals surface area (Å²) in [5.74, 6) is -2.57. The monoisotopic (exact) mass is 210 g/mol. The second-order valence-electron chi connectivity index (χ2n) is 3.26. The van der Waals surface area contributed by atoms with E-state index in [-0.39, 0.29) is 12.2 Å². The van der Waals surface area contributed by atoms with E-state index >= 15 is 0 Å². The van der Waals surface area contributed by atoms with Crippen molar-refractivity contribution < 1.29 is 22.7 Å². The third kappa shape index (κ3) is 1.82. The molecule has 1 N–H and O–H groups in total. The van der Waals surface area contributed by atoms with E-state index < -0.39 is 33.1 Å². The first-order chi connectivity index (χ1) is 5.86. The molecule has 6 heteroatoms. The van der Waals surface area contributed by atoms with Gasteiger partial charge in [-0.1, -0.05) is 0 Å². The SMILES string of the molecule is CC1C(C(F)C(=O)O)CCS1(=O)=O. The molecule has 1 aliphatic rings. The molecule has 0 radical (unpaired) electrons. The fraction of sp³-hybridized carbons (Fsp3) is 0.857. The number of sulfone groups is 1. The number of carboxylic acids is 1. The minimum Gasteiger partial charge on any atom is -0.479 e. The largest absolute Gasteiger partial charge is 0.479 e. The highest BCUT2D eigenvalue weighted by molar-refractivity contribution is 7.92. The van der Waals surface area contributed by atoms with Crippen LogP contribution < -0.4 is 0 Å². The summed E-state index contributed by atoms with van der Waals surface area (Å²) in [6.45, 7) is 1.36. The van der Waals surface area contributed by atoms with Crippen LogP contribution in [0.15, 0.2) is 0 Å². The molecule has 13 heavy (non-hydrogen) atoms. The number of aliphatic carboxylic acids is 1. The van der Waals surface area contributed by atoms with Crippen molar-refractivity contribution in [1.82, 2.24) is 0 Å². The van der Waals surface area contributed by atoms with E-state index in [4.69, 9.17) is 5.11 Å². The van der Waals surface area contributed by atoms with Crippen LogP contribution in [0.25, 0.3) is 0 Å². The first kappa shape index (κ1) is 10.4. The predicted molar refractivity (Wildman–Crippen MR) is 43.9 cm³/mol. The summed E-state index contributed by atoms with van der Waals surface area (Å²) < 4.78 is 35.2. The summed E-state index contributed by atoms with van der Waals surface area (Å²) in [7, 11) is -3.26. The van der Waals surface area contributed by atoms with E-state index in [9.17, 15) is 17.6 Å². The summed E-state index contributed by atoms with van der Waals surface area (Å²) in [5.41, 5.74) is 0. The Balaban J connectivity index is 2.82. The standard InChI is InChI=1S/C7H11FO4S/c1-4-5(6(8)7(9)10)2-3-13(4,11)12/h4-6H,2-3H2,1H3,(H,9,10). The topological polar surface area (TPSA) is 71.4 Å². The number of hydrogen-bond acceptors (Lipinski definition) is 3. The van der Waals surface area contributed by atoms with Crippen molar-refractivity contribution in [2.45, 2.75) is 24.8 Å². The van der Waals surface area contributed by atoms with Crippen molar-refractivity contribution in [3.63, 3.8) is 0 Å². The van der Waals surface area contributed by atoms with Crippen LogP contribution in [0.1, 0.15) is 13.3 Å². The Kier molecular flexibility index (Phi) is 2.61. The lowest BCUT2D eigenvalue weighted by Gasteiger charge is -2.14. The molecular weight excluding hydrogens is 199 g/mol. The zero-order valence-corrected chi connectivity index (χ0v) is 7.92. The van der Waals surface area contributed by atoms with E-state index in [2.05, 4.69) is 0 Å². The van der Waals surface area contributed by atoms with E-state index in [1.54, 1.807) is 0 Å². The third-order valence-electron chi connectivity index (χ3n) is 2.52. The van der Waals surface area contributed by atoms with Crippen LogP contribution in [0.5, 0.6) is 0 Å². The molecule has 0 aliphatic carbocycles. The minimum absolute atomic E-state index is 0.105. The van der Waals surface area contributed by atoms with E-state index in [0.29, 0.717) is 0 Å². The van der Waals surface area contributed by atoms with Crippen LogP contribution in [-0.4, -0.2) is 36.7 Å². The highest BCUT2D eigenvalue weighted by Gasteiger charge is 2.43. The number of carboxylic acid groups (broad SMARTS) is 1. The van der Waals surface area contributed by atoms with Gasteiger partial charge in [-0.25, -0.2) is 17.6 Å². The van der Waals surface area contributed by atoms with Crippen molar-refractivity contribution >= 4 is 15.8 Å². The van der Waals surface area contributed by atoms with Crippen molar-refractivity contribution in [2.75, 3.05) is 5.75 Å². The molecule has 0 saturated carbocycles. The Labute approximate surface area is 75.7 Å². The lowest BCUT2D eigenvalue weighted by Crippen LogP contribution is -2.31. The van der Waals surface area contributed by atoms with Crippen LogP contribution >= 0.6 is 0 Å². The predicted octanol–water partition coefficient (Wildman–Crippen LogP) is 0.232. The van der Waals surface area contributed by atoms with E-state index in [1.165, 1.54) is 6.92 Å². The second kappa shape index (κ2) is 3.25. The average molecular weight is 210 g/mol. The maximum Gasteiger partial charge on any atom is 0.338 e. The lowest BCUT2D eigenvalue weighted by atomic mass is 9.98. The van der Waals surface area contributed by atoms with Gasteiger partial charge in [0.05, 0.1) is 11.0 Å². The summed E-state index contributed by atoms with van der Waals surface area (Å²) in [5, 5.41) is 7.48. The van der Waals surface area contributed by atoms with Crippen molar-refractivity contribution in [1.29, 1.82) is 0 Å². The van der Waals surface area contributed by atoms with Gasteiger partial charge in [0, 0.05) is 5.92 Å². The van der Waals surface area contributed by atoms with Crippen molar-refractivity contribution in [3.05, 3.63) is 0 Å². The summed E-state index contributed by atoms with van der Waals surface area (Å²) >= 11 is 0. The number of carbonyl (C=O) groups is 1. The lowest BCUT2D eigenvalue weighted by molar-refractivity contribution is -0.144. The molecule has 0 spiro atoms. The molecule has 76 valence electrons. The van der Waals surface area contributed by atoms with E-state index in [1.807, 2.05) is 0 Å². The Morgan fingerprint density at radius 1 is 1.62 bits per heavy atom. The molecule has 0 aromatic heterocycles. The second-order valence-corrected chi connectivity index (χ2v) is 5.74. The van der Waals surface area contributed by atoms with Gasteiger partial charge in [0.15, 0.2) is 9.84 Å². The fourth-order valence-electron chi connectivity index (χ4n) is 1.55. The molecule has 1 heterocycles. The molecule has 0 amide bonds. The zero-order chi connectivity index (χ0) is 10.2. The van der Waals surface area contributed by atoms with Crippen molar-refractivity contribution in [2.24, 2.45) is 5.92 Å². The number of hydrogen-bond donors (Lipinski definition) is 1. The normalized spacial score (nSPS) is 34.3. The number of alkyl halides is 1. The Morgan fingerprint density at radius 3 is 2.46 bits per heavy atom. The van der Waals surface area contributed by atoms with E-state index in [0.717, 1.165) is 0 Å². The zero-order valence-electron chi connectivity index (χ0n) is 7.10. The summed E-state index contributed by atoms with van der Waals surface area (Å²) in [4.78, 5) is 10.3. The Hall–Kier alpha value is -0.650. The highest BCUT2D eigenvalue weighted by atomic mass is 32.2. The summed E-state index contributed by atoms with van der Waals surface area (Å²) in [6.07, 6.45) is -1.95. The first-order valence-corrected chi connectivity index (χ1v) is 5.66. The molecule has 0 bridgehead atoms. The molecule has 3 unspecified atom stereocenters. The van der Waals surface area contributed by atoms with Crippen LogP contribution in [0.3, 0.4) is 0 Å². The van der Waals surface area contributed by atoms with Gasteiger partial charge >= 0.3 is 5.97 Å². The quantitative estimate of drug-likeness (QED) is 0.708. The third-order valence-corrected chi connectivity index (χ3v) is 4.80. The molecule has 1 fully saturated rings. The van der Waals surface area contributed by atoms with Crippen LogP contribution in [0.4, 0.5) is 4.39 Å². The molecule has 1 saturated heterocycles. The van der Waals surface area contributed by atoms with Gasteiger partial charge in [-0.15, -0.1) is 0 Å². The summed E-state index contributed by atoms with van der Waals surface area (Å²) in [6, 6.07) is 0. The van der Waals surface area contributed by atoms with Crippen molar-refractivity contribution in [3.8, 4) is 0 Å². The maximum absolute atomic E-state index is 13.0. The van der Waals surface area contributed by atoms with Gasteiger partial charge in [-0.05, 0) is 13.3 Å². The average Bonchev–Trinajstić information content (AvgIpc) is 2.27. The van der Waals surface area contributed by atoms with Gasteiger partial charge < -0.3 is 5.11 Å².